The number of halogens is 1. The lowest BCUT2D eigenvalue weighted by Crippen LogP contribution is -2.52. The molecule has 0 atom stereocenters. The van der Waals surface area contributed by atoms with Gasteiger partial charge in [-0.2, -0.15) is 0 Å². The first kappa shape index (κ1) is 15.0. The molecule has 0 saturated carbocycles. The first-order valence-electron chi connectivity index (χ1n) is 7.10. The summed E-state index contributed by atoms with van der Waals surface area (Å²) in [5.74, 6) is 0.475. The number of para-hydroxylation sites is 1. The monoisotopic (exact) mass is 295 g/mol. The highest BCUT2D eigenvalue weighted by molar-refractivity contribution is 6.33. The molecule has 0 bridgehead atoms. The number of amides is 2. The van der Waals surface area contributed by atoms with Gasteiger partial charge in [0.2, 0.25) is 0 Å². The van der Waals surface area contributed by atoms with Crippen LogP contribution >= 0.6 is 11.6 Å². The number of carbonyl (C=O) groups is 1. The summed E-state index contributed by atoms with van der Waals surface area (Å²) in [5, 5.41) is 3.73. The minimum Gasteiger partial charge on any atom is -0.367 e. The molecule has 5 heteroatoms. The molecule has 110 valence electrons. The molecule has 1 heterocycles. The minimum atomic E-state index is 0.0394. The van der Waals surface area contributed by atoms with Crippen LogP contribution in [0.15, 0.2) is 24.3 Å². The molecule has 1 saturated heterocycles. The maximum Gasteiger partial charge on any atom is 0.317 e. The van der Waals surface area contributed by atoms with Crippen LogP contribution in [0.5, 0.6) is 0 Å². The molecule has 4 nitrogen and oxygen atoms in total. The van der Waals surface area contributed by atoms with Crippen LogP contribution in [-0.4, -0.2) is 43.7 Å². The number of hydrogen-bond acceptors (Lipinski definition) is 2. The Bertz CT molecular complexity index is 456. The summed E-state index contributed by atoms with van der Waals surface area (Å²) in [5.41, 5.74) is 1.05. The van der Waals surface area contributed by atoms with Crippen molar-refractivity contribution in [2.75, 3.05) is 37.6 Å². The van der Waals surface area contributed by atoms with Gasteiger partial charge in [0.25, 0.3) is 0 Å². The van der Waals surface area contributed by atoms with Crippen LogP contribution in [0.1, 0.15) is 13.8 Å². The van der Waals surface area contributed by atoms with Crippen molar-refractivity contribution in [3.05, 3.63) is 29.3 Å². The number of benzene rings is 1. The molecule has 1 N–H and O–H groups in total. The second-order valence-corrected chi connectivity index (χ2v) is 5.91. The lowest BCUT2D eigenvalue weighted by atomic mass is 10.2. The summed E-state index contributed by atoms with van der Waals surface area (Å²) >= 11 is 6.21. The molecule has 1 aliphatic rings. The fourth-order valence-electron chi connectivity index (χ4n) is 2.26. The Kier molecular flexibility index (Phi) is 5.12. The van der Waals surface area contributed by atoms with Gasteiger partial charge in [-0.3, -0.25) is 0 Å². The Morgan fingerprint density at radius 1 is 1.25 bits per heavy atom. The van der Waals surface area contributed by atoms with Crippen LogP contribution in [0.3, 0.4) is 0 Å². The van der Waals surface area contributed by atoms with Crippen molar-refractivity contribution in [1.29, 1.82) is 0 Å². The summed E-state index contributed by atoms with van der Waals surface area (Å²) in [6.07, 6.45) is 0. The van der Waals surface area contributed by atoms with E-state index in [2.05, 4.69) is 24.1 Å². The Balaban J connectivity index is 1.86. The van der Waals surface area contributed by atoms with E-state index < -0.39 is 0 Å². The van der Waals surface area contributed by atoms with Crippen molar-refractivity contribution in [1.82, 2.24) is 10.2 Å². The number of piperazine rings is 1. The van der Waals surface area contributed by atoms with Crippen molar-refractivity contribution < 1.29 is 4.79 Å². The zero-order chi connectivity index (χ0) is 14.5. The minimum absolute atomic E-state index is 0.0394. The molecule has 1 aromatic rings. The molecule has 0 spiro atoms. The molecule has 0 unspecified atom stereocenters. The first-order valence-corrected chi connectivity index (χ1v) is 7.48. The Morgan fingerprint density at radius 3 is 2.50 bits per heavy atom. The van der Waals surface area contributed by atoms with Gasteiger partial charge in [-0.15, -0.1) is 0 Å². The van der Waals surface area contributed by atoms with Crippen molar-refractivity contribution in [2.45, 2.75) is 13.8 Å². The number of rotatable bonds is 3. The van der Waals surface area contributed by atoms with Gasteiger partial charge in [0.15, 0.2) is 0 Å². The van der Waals surface area contributed by atoms with E-state index in [1.54, 1.807) is 0 Å². The van der Waals surface area contributed by atoms with E-state index in [1.807, 2.05) is 29.2 Å². The third-order valence-corrected chi connectivity index (χ3v) is 3.74. The number of carbonyl (C=O) groups excluding carboxylic acids is 1. The fourth-order valence-corrected chi connectivity index (χ4v) is 2.52. The summed E-state index contributed by atoms with van der Waals surface area (Å²) < 4.78 is 0. The highest BCUT2D eigenvalue weighted by Crippen LogP contribution is 2.25. The molecule has 1 aliphatic heterocycles. The largest absolute Gasteiger partial charge is 0.367 e. The molecule has 2 amide bonds. The zero-order valence-corrected chi connectivity index (χ0v) is 12.9. The molecule has 2 rings (SSSR count). The maximum atomic E-state index is 12.0. The predicted octanol–water partition coefficient (Wildman–Crippen LogP) is 2.83. The molecule has 1 fully saturated rings. The van der Waals surface area contributed by atoms with Crippen LogP contribution < -0.4 is 10.2 Å². The van der Waals surface area contributed by atoms with Gasteiger partial charge in [0.1, 0.15) is 0 Å². The number of anilines is 1. The molecule has 1 aromatic carbocycles. The van der Waals surface area contributed by atoms with E-state index in [0.29, 0.717) is 5.92 Å². The summed E-state index contributed by atoms with van der Waals surface area (Å²) in [6.45, 7) is 8.01. The van der Waals surface area contributed by atoms with E-state index in [0.717, 1.165) is 43.4 Å². The van der Waals surface area contributed by atoms with Crippen molar-refractivity contribution >= 4 is 23.3 Å². The van der Waals surface area contributed by atoms with Crippen LogP contribution in [-0.2, 0) is 0 Å². The van der Waals surface area contributed by atoms with E-state index in [1.165, 1.54) is 0 Å². The lowest BCUT2D eigenvalue weighted by Gasteiger charge is -2.36. The Hall–Kier alpha value is -1.42. The molecular weight excluding hydrogens is 274 g/mol. The van der Waals surface area contributed by atoms with Gasteiger partial charge in [-0.25, -0.2) is 4.79 Å². The highest BCUT2D eigenvalue weighted by atomic mass is 35.5. The van der Waals surface area contributed by atoms with Crippen molar-refractivity contribution in [3.63, 3.8) is 0 Å². The maximum absolute atomic E-state index is 12.0. The highest BCUT2D eigenvalue weighted by Gasteiger charge is 2.22. The Labute approximate surface area is 125 Å². The molecular formula is C15H22ClN3O. The second kappa shape index (κ2) is 6.84. The van der Waals surface area contributed by atoms with Crippen molar-refractivity contribution in [3.8, 4) is 0 Å². The van der Waals surface area contributed by atoms with Crippen LogP contribution in [0.4, 0.5) is 10.5 Å². The summed E-state index contributed by atoms with van der Waals surface area (Å²) in [6, 6.07) is 7.89. The Morgan fingerprint density at radius 2 is 1.90 bits per heavy atom. The predicted molar refractivity (Wildman–Crippen MR) is 83.5 cm³/mol. The molecule has 0 aliphatic carbocycles. The number of nitrogens with zero attached hydrogens (tertiary/aromatic N) is 2. The average molecular weight is 296 g/mol. The first-order chi connectivity index (χ1) is 9.58. The number of urea groups is 1. The molecule has 0 radical (unpaired) electrons. The molecule has 0 aromatic heterocycles. The van der Waals surface area contributed by atoms with Gasteiger partial charge in [-0.1, -0.05) is 37.6 Å². The van der Waals surface area contributed by atoms with Gasteiger partial charge >= 0.3 is 6.03 Å². The van der Waals surface area contributed by atoms with Crippen LogP contribution in [0.25, 0.3) is 0 Å². The summed E-state index contributed by atoms with van der Waals surface area (Å²) in [7, 11) is 0. The number of nitrogens with one attached hydrogen (secondary N) is 1. The lowest BCUT2D eigenvalue weighted by molar-refractivity contribution is 0.193. The van der Waals surface area contributed by atoms with E-state index >= 15 is 0 Å². The average Bonchev–Trinajstić information content (AvgIpc) is 2.45. The van der Waals surface area contributed by atoms with E-state index in [9.17, 15) is 4.79 Å². The van der Waals surface area contributed by atoms with Gasteiger partial charge in [-0.05, 0) is 18.1 Å². The fraction of sp³-hybridized carbons (Fsp3) is 0.533. The quantitative estimate of drug-likeness (QED) is 0.931. The smallest absolute Gasteiger partial charge is 0.317 e. The zero-order valence-electron chi connectivity index (χ0n) is 12.1. The van der Waals surface area contributed by atoms with Gasteiger partial charge < -0.3 is 15.1 Å². The van der Waals surface area contributed by atoms with E-state index in [-0.39, 0.29) is 6.03 Å². The topological polar surface area (TPSA) is 35.6 Å². The van der Waals surface area contributed by atoms with Crippen LogP contribution in [0, 0.1) is 5.92 Å². The third kappa shape index (κ3) is 3.79. The van der Waals surface area contributed by atoms with Gasteiger partial charge in [0.05, 0.1) is 10.7 Å². The van der Waals surface area contributed by atoms with Gasteiger partial charge in [0, 0.05) is 32.7 Å². The standard InChI is InChI=1S/C15H22ClN3O/c1-12(2)11-17-15(20)19-9-7-18(8-10-19)14-6-4-3-5-13(14)16/h3-6,12H,7-11H2,1-2H3,(H,17,20). The third-order valence-electron chi connectivity index (χ3n) is 3.42. The van der Waals surface area contributed by atoms with Crippen LogP contribution in [0.2, 0.25) is 5.02 Å². The molecule has 20 heavy (non-hydrogen) atoms. The van der Waals surface area contributed by atoms with Crippen molar-refractivity contribution in [2.24, 2.45) is 5.92 Å². The van der Waals surface area contributed by atoms with E-state index in [4.69, 9.17) is 11.6 Å². The second-order valence-electron chi connectivity index (χ2n) is 5.51. The number of hydrogen-bond donors (Lipinski definition) is 1. The SMILES string of the molecule is CC(C)CNC(=O)N1CCN(c2ccccc2Cl)CC1. The normalized spacial score (nSPS) is 15.6. The summed E-state index contributed by atoms with van der Waals surface area (Å²) in [4.78, 5) is 16.1.